The topological polar surface area (TPSA) is 56.8 Å². The molecule has 1 aromatic rings. The first kappa shape index (κ1) is 15.8. The lowest BCUT2D eigenvalue weighted by molar-refractivity contribution is -0.132. The highest BCUT2D eigenvalue weighted by atomic mass is 32.1. The highest BCUT2D eigenvalue weighted by Gasteiger charge is 2.29. The maximum absolute atomic E-state index is 12.4. The minimum Gasteiger partial charge on any atom is -0.336 e. The van der Waals surface area contributed by atoms with Gasteiger partial charge >= 0.3 is 6.03 Å². The maximum atomic E-state index is 12.4. The number of hydrogen-bond acceptors (Lipinski definition) is 4. The molecule has 21 heavy (non-hydrogen) atoms. The number of hydrogen-bond donors (Lipinski definition) is 0. The number of aromatic nitrogens is 1. The molecular weight excluding hydrogens is 288 g/mol. The van der Waals surface area contributed by atoms with Gasteiger partial charge in [0.2, 0.25) is 5.91 Å². The summed E-state index contributed by atoms with van der Waals surface area (Å²) in [6.07, 6.45) is 0. The molecule has 116 valence electrons. The molecule has 1 aliphatic rings. The van der Waals surface area contributed by atoms with E-state index in [0.29, 0.717) is 13.1 Å². The van der Waals surface area contributed by atoms with Crippen LogP contribution in [0.1, 0.15) is 28.5 Å². The van der Waals surface area contributed by atoms with Crippen LogP contribution in [0.4, 0.5) is 4.79 Å². The van der Waals surface area contributed by atoms with Crippen molar-refractivity contribution in [1.82, 2.24) is 19.7 Å². The third-order valence-electron chi connectivity index (χ3n) is 3.94. The molecule has 2 heterocycles. The Bertz CT molecular complexity index is 557. The van der Waals surface area contributed by atoms with Crippen LogP contribution in [0.15, 0.2) is 0 Å². The third kappa shape index (κ3) is 3.18. The van der Waals surface area contributed by atoms with Crippen molar-refractivity contribution in [3.63, 3.8) is 0 Å². The number of amides is 3. The zero-order valence-corrected chi connectivity index (χ0v) is 14.0. The molecule has 2 rings (SSSR count). The van der Waals surface area contributed by atoms with Crippen LogP contribution in [0.5, 0.6) is 0 Å². The number of nitrogens with zero attached hydrogens (tertiary/aromatic N) is 4. The lowest BCUT2D eigenvalue weighted by atomic mass is 10.2. The minimum absolute atomic E-state index is 0.0591. The van der Waals surface area contributed by atoms with Crippen LogP contribution in [0.3, 0.4) is 0 Å². The molecule has 6 nitrogen and oxygen atoms in total. The molecule has 0 spiro atoms. The summed E-state index contributed by atoms with van der Waals surface area (Å²) in [5, 5.41) is 1.01. The molecule has 1 fully saturated rings. The van der Waals surface area contributed by atoms with E-state index in [9.17, 15) is 9.59 Å². The summed E-state index contributed by atoms with van der Waals surface area (Å²) >= 11 is 1.64. The van der Waals surface area contributed by atoms with Crippen molar-refractivity contribution in [2.45, 2.75) is 26.8 Å². The van der Waals surface area contributed by atoms with Crippen LogP contribution in [-0.2, 0) is 4.79 Å². The highest BCUT2D eigenvalue weighted by molar-refractivity contribution is 7.11. The van der Waals surface area contributed by atoms with Crippen molar-refractivity contribution < 1.29 is 9.59 Å². The van der Waals surface area contributed by atoms with Gasteiger partial charge in [0.25, 0.3) is 0 Å². The van der Waals surface area contributed by atoms with E-state index in [-0.39, 0.29) is 24.5 Å². The average Bonchev–Trinajstić information content (AvgIpc) is 2.93. The van der Waals surface area contributed by atoms with Crippen molar-refractivity contribution in [3.8, 4) is 0 Å². The summed E-state index contributed by atoms with van der Waals surface area (Å²) in [4.78, 5) is 34.7. The zero-order valence-electron chi connectivity index (χ0n) is 13.2. The van der Waals surface area contributed by atoms with Gasteiger partial charge in [-0.15, -0.1) is 11.3 Å². The summed E-state index contributed by atoms with van der Waals surface area (Å²) in [7, 11) is 3.52. The molecule has 7 heteroatoms. The van der Waals surface area contributed by atoms with E-state index in [1.807, 2.05) is 20.8 Å². The summed E-state index contributed by atoms with van der Waals surface area (Å²) in [6, 6.07) is -0.164. The van der Waals surface area contributed by atoms with Gasteiger partial charge in [-0.2, -0.15) is 0 Å². The molecule has 3 amide bonds. The molecule has 0 aromatic carbocycles. The Balaban J connectivity index is 2.02. The third-order valence-corrected chi connectivity index (χ3v) is 4.84. The van der Waals surface area contributed by atoms with Gasteiger partial charge in [-0.1, -0.05) is 0 Å². The van der Waals surface area contributed by atoms with Crippen molar-refractivity contribution in [2.24, 2.45) is 0 Å². The second-order valence-electron chi connectivity index (χ2n) is 5.48. The Hall–Kier alpha value is -1.63. The first-order valence-corrected chi connectivity index (χ1v) is 7.82. The molecule has 0 radical (unpaired) electrons. The molecule has 1 atom stereocenters. The number of carbonyl (C=O) groups is 2. The number of likely N-dealkylation sites (N-methyl/N-ethyl adjacent to an activating group) is 2. The fourth-order valence-electron chi connectivity index (χ4n) is 2.46. The van der Waals surface area contributed by atoms with Gasteiger partial charge in [0, 0.05) is 32.1 Å². The lowest BCUT2D eigenvalue weighted by Crippen LogP contribution is -2.41. The monoisotopic (exact) mass is 310 g/mol. The van der Waals surface area contributed by atoms with E-state index < -0.39 is 0 Å². The first-order chi connectivity index (χ1) is 9.81. The second-order valence-corrected chi connectivity index (χ2v) is 6.89. The van der Waals surface area contributed by atoms with Crippen molar-refractivity contribution in [2.75, 3.05) is 33.7 Å². The number of carbonyl (C=O) groups excluding carboxylic acids is 2. The Morgan fingerprint density at radius 1 is 1.43 bits per heavy atom. The molecule has 1 aliphatic heterocycles. The predicted molar refractivity (Wildman–Crippen MR) is 82.4 cm³/mol. The first-order valence-electron chi connectivity index (χ1n) is 7.01. The van der Waals surface area contributed by atoms with E-state index in [2.05, 4.69) is 4.98 Å². The van der Waals surface area contributed by atoms with Crippen LogP contribution in [0.2, 0.25) is 0 Å². The van der Waals surface area contributed by atoms with Crippen LogP contribution < -0.4 is 0 Å². The molecule has 0 N–H and O–H groups in total. The second kappa shape index (κ2) is 6.01. The lowest BCUT2D eigenvalue weighted by Gasteiger charge is -2.26. The van der Waals surface area contributed by atoms with Crippen molar-refractivity contribution >= 4 is 23.3 Å². The minimum atomic E-state index is -0.0853. The molecule has 1 aromatic heterocycles. The van der Waals surface area contributed by atoms with Crippen molar-refractivity contribution in [1.29, 1.82) is 0 Å². The van der Waals surface area contributed by atoms with Gasteiger partial charge in [0.1, 0.15) is 6.54 Å². The Morgan fingerprint density at radius 3 is 2.57 bits per heavy atom. The van der Waals surface area contributed by atoms with E-state index in [0.717, 1.165) is 15.6 Å². The van der Waals surface area contributed by atoms with Crippen LogP contribution >= 0.6 is 11.3 Å². The summed E-state index contributed by atoms with van der Waals surface area (Å²) in [5.41, 5.74) is 0.943. The van der Waals surface area contributed by atoms with E-state index >= 15 is 0 Å². The summed E-state index contributed by atoms with van der Waals surface area (Å²) < 4.78 is 0. The molecule has 0 unspecified atom stereocenters. The van der Waals surface area contributed by atoms with Crippen molar-refractivity contribution in [3.05, 3.63) is 15.6 Å². The Labute approximate surface area is 129 Å². The van der Waals surface area contributed by atoms with Gasteiger partial charge in [-0.3, -0.25) is 4.79 Å². The van der Waals surface area contributed by atoms with Gasteiger partial charge in [-0.25, -0.2) is 9.78 Å². The fourth-order valence-corrected chi connectivity index (χ4v) is 3.36. The SMILES string of the molecule is Cc1nc([C@H](C)N(C)C(=O)CN2CCN(C)C2=O)c(C)s1. The van der Waals surface area contributed by atoms with Gasteiger partial charge in [-0.05, 0) is 20.8 Å². The maximum Gasteiger partial charge on any atom is 0.320 e. The highest BCUT2D eigenvalue weighted by Crippen LogP contribution is 2.26. The smallest absolute Gasteiger partial charge is 0.320 e. The molecule has 0 aliphatic carbocycles. The summed E-state index contributed by atoms with van der Waals surface area (Å²) in [5.74, 6) is -0.0591. The fraction of sp³-hybridized carbons (Fsp3) is 0.643. The summed E-state index contributed by atoms with van der Waals surface area (Å²) in [6.45, 7) is 7.37. The number of rotatable bonds is 4. The van der Waals surface area contributed by atoms with E-state index in [4.69, 9.17) is 0 Å². The van der Waals surface area contributed by atoms with Gasteiger partial charge in [0.05, 0.1) is 16.7 Å². The van der Waals surface area contributed by atoms with Crippen LogP contribution in [0, 0.1) is 13.8 Å². The predicted octanol–water partition coefficient (Wildman–Crippen LogP) is 1.65. The quantitative estimate of drug-likeness (QED) is 0.849. The molecular formula is C14H22N4O2S. The standard InChI is InChI=1S/C14H22N4O2S/c1-9(13-10(2)21-11(3)15-13)17(5)12(19)8-18-7-6-16(4)14(18)20/h9H,6-8H2,1-5H3/t9-/m0/s1. The van der Waals surface area contributed by atoms with Gasteiger partial charge in [0.15, 0.2) is 0 Å². The molecule has 0 bridgehead atoms. The Kier molecular flexibility index (Phi) is 4.51. The molecule has 1 saturated heterocycles. The molecule has 0 saturated carbocycles. The largest absolute Gasteiger partial charge is 0.336 e. The normalized spacial score (nSPS) is 16.5. The average molecular weight is 310 g/mol. The number of thiazole rings is 1. The Morgan fingerprint density at radius 2 is 2.10 bits per heavy atom. The zero-order chi connectivity index (χ0) is 15.7. The number of urea groups is 1. The van der Waals surface area contributed by atoms with E-state index in [1.54, 1.807) is 40.1 Å². The van der Waals surface area contributed by atoms with Crippen LogP contribution in [0.25, 0.3) is 0 Å². The van der Waals surface area contributed by atoms with Crippen LogP contribution in [-0.4, -0.2) is 65.4 Å². The number of aryl methyl sites for hydroxylation is 2. The van der Waals surface area contributed by atoms with E-state index in [1.165, 1.54) is 0 Å². The van der Waals surface area contributed by atoms with Gasteiger partial charge < -0.3 is 14.7 Å².